The summed E-state index contributed by atoms with van der Waals surface area (Å²) in [6.45, 7) is 5.51. The van der Waals surface area contributed by atoms with Crippen LogP contribution >= 0.6 is 0 Å². The molecule has 0 radical (unpaired) electrons. The van der Waals surface area contributed by atoms with E-state index in [1.807, 2.05) is 13.2 Å². The minimum Gasteiger partial charge on any atom is -0.391 e. The van der Waals surface area contributed by atoms with Crippen molar-refractivity contribution in [1.82, 2.24) is 20.0 Å². The number of carbonyl (C=O) groups is 1. The lowest BCUT2D eigenvalue weighted by Gasteiger charge is -2.57. The van der Waals surface area contributed by atoms with Crippen molar-refractivity contribution in [1.29, 1.82) is 0 Å². The molecular formula is C19H30N4O2. The molecule has 2 N–H and O–H groups in total. The predicted octanol–water partition coefficient (Wildman–Crippen LogP) is 1.51. The molecule has 1 aromatic rings. The van der Waals surface area contributed by atoms with Gasteiger partial charge in [-0.15, -0.1) is 0 Å². The molecule has 0 aromatic carbocycles. The van der Waals surface area contributed by atoms with Crippen molar-refractivity contribution in [2.45, 2.75) is 63.6 Å². The van der Waals surface area contributed by atoms with E-state index >= 15 is 0 Å². The van der Waals surface area contributed by atoms with Crippen LogP contribution in [0.5, 0.6) is 0 Å². The van der Waals surface area contributed by atoms with Crippen LogP contribution < -0.4 is 5.32 Å². The fourth-order valence-electron chi connectivity index (χ4n) is 5.66. The van der Waals surface area contributed by atoms with Gasteiger partial charge in [0.15, 0.2) is 0 Å². The average Bonchev–Trinajstić information content (AvgIpc) is 3.19. The van der Waals surface area contributed by atoms with E-state index in [0.717, 1.165) is 37.8 Å². The van der Waals surface area contributed by atoms with Crippen LogP contribution in [0.2, 0.25) is 0 Å². The van der Waals surface area contributed by atoms with Gasteiger partial charge in [-0.25, -0.2) is 0 Å². The van der Waals surface area contributed by atoms with Crippen molar-refractivity contribution < 1.29 is 9.90 Å². The SMILES string of the molecule is CC(C)C1N(C)CC12C[C@@H](O)[C@H](NC(=O)c1c(C3CC3)cnn1C)C2. The number of hydrogen-bond donors (Lipinski definition) is 2. The first kappa shape index (κ1) is 17.0. The highest BCUT2D eigenvalue weighted by Crippen LogP contribution is 2.52. The van der Waals surface area contributed by atoms with Crippen LogP contribution in [-0.4, -0.2) is 57.5 Å². The average molecular weight is 346 g/mol. The monoisotopic (exact) mass is 346 g/mol. The summed E-state index contributed by atoms with van der Waals surface area (Å²) in [7, 11) is 3.98. The van der Waals surface area contributed by atoms with Crippen molar-refractivity contribution in [3.8, 4) is 0 Å². The fourth-order valence-corrected chi connectivity index (χ4v) is 5.66. The summed E-state index contributed by atoms with van der Waals surface area (Å²) in [4.78, 5) is 15.3. The predicted molar refractivity (Wildman–Crippen MR) is 95.4 cm³/mol. The largest absolute Gasteiger partial charge is 0.391 e. The number of nitrogens with one attached hydrogen (secondary N) is 1. The van der Waals surface area contributed by atoms with E-state index in [4.69, 9.17) is 0 Å². The molecule has 1 aliphatic heterocycles. The Morgan fingerprint density at radius 1 is 1.36 bits per heavy atom. The van der Waals surface area contributed by atoms with E-state index in [-0.39, 0.29) is 17.4 Å². The van der Waals surface area contributed by atoms with Gasteiger partial charge in [-0.3, -0.25) is 9.48 Å². The standard InChI is InChI=1S/C19H30N4O2/c1-11(2)17-19(10-22(17)3)7-14(15(24)8-19)21-18(25)16-13(12-5-6-12)9-20-23(16)4/h9,11-12,14-15,17,24H,5-8,10H2,1-4H3,(H,21,25)/t14-,15-,17?,19?/m1/s1. The summed E-state index contributed by atoms with van der Waals surface area (Å²) in [5.41, 5.74) is 1.87. The lowest BCUT2D eigenvalue weighted by Crippen LogP contribution is -2.64. The summed E-state index contributed by atoms with van der Waals surface area (Å²) in [5, 5.41) is 18.0. The molecule has 1 spiro atoms. The van der Waals surface area contributed by atoms with Crippen molar-refractivity contribution in [3.63, 3.8) is 0 Å². The second kappa shape index (κ2) is 5.81. The number of aryl methyl sites for hydroxylation is 1. The molecule has 25 heavy (non-hydrogen) atoms. The maximum atomic E-state index is 12.9. The van der Waals surface area contributed by atoms with Gasteiger partial charge in [-0.2, -0.15) is 5.10 Å². The van der Waals surface area contributed by atoms with E-state index in [1.165, 1.54) is 0 Å². The molecule has 2 unspecified atom stereocenters. The molecule has 2 aliphatic carbocycles. The summed E-state index contributed by atoms with van der Waals surface area (Å²) in [5.74, 6) is 0.954. The van der Waals surface area contributed by atoms with Gasteiger partial charge < -0.3 is 15.3 Å². The zero-order valence-corrected chi connectivity index (χ0v) is 15.7. The Kier molecular flexibility index (Phi) is 3.96. The van der Waals surface area contributed by atoms with Gasteiger partial charge >= 0.3 is 0 Å². The van der Waals surface area contributed by atoms with Crippen LogP contribution in [0.25, 0.3) is 0 Å². The van der Waals surface area contributed by atoms with E-state index in [9.17, 15) is 9.90 Å². The molecule has 2 heterocycles. The van der Waals surface area contributed by atoms with Gasteiger partial charge in [0.2, 0.25) is 0 Å². The van der Waals surface area contributed by atoms with Crippen molar-refractivity contribution >= 4 is 5.91 Å². The van der Waals surface area contributed by atoms with Crippen LogP contribution in [0.1, 0.15) is 61.5 Å². The lowest BCUT2D eigenvalue weighted by molar-refractivity contribution is -0.0827. The first-order chi connectivity index (χ1) is 11.8. The number of rotatable bonds is 4. The third-order valence-corrected chi connectivity index (χ3v) is 6.52. The molecule has 6 nitrogen and oxygen atoms in total. The van der Waals surface area contributed by atoms with Gasteiger partial charge in [0.1, 0.15) is 5.69 Å². The number of aliphatic hydroxyl groups is 1. The van der Waals surface area contributed by atoms with Gasteiger partial charge in [-0.1, -0.05) is 13.8 Å². The molecule has 0 bridgehead atoms. The smallest absolute Gasteiger partial charge is 0.270 e. The van der Waals surface area contributed by atoms with Crippen molar-refractivity contribution in [2.24, 2.45) is 18.4 Å². The zero-order chi connectivity index (χ0) is 17.9. The van der Waals surface area contributed by atoms with E-state index in [1.54, 1.807) is 4.68 Å². The zero-order valence-electron chi connectivity index (χ0n) is 15.7. The summed E-state index contributed by atoms with van der Waals surface area (Å²) in [6, 6.07) is 0.326. The third-order valence-electron chi connectivity index (χ3n) is 6.52. The molecule has 138 valence electrons. The maximum Gasteiger partial charge on any atom is 0.270 e. The first-order valence-electron chi connectivity index (χ1n) is 9.53. The topological polar surface area (TPSA) is 70.4 Å². The molecule has 3 fully saturated rings. The number of aliphatic hydroxyl groups excluding tert-OH is 1. The number of carbonyl (C=O) groups excluding carboxylic acids is 1. The van der Waals surface area contributed by atoms with Gasteiger partial charge in [0.05, 0.1) is 18.3 Å². The Hall–Kier alpha value is -1.40. The van der Waals surface area contributed by atoms with Crippen LogP contribution in [0.3, 0.4) is 0 Å². The maximum absolute atomic E-state index is 12.9. The highest BCUT2D eigenvalue weighted by molar-refractivity contribution is 5.94. The second-order valence-corrected chi connectivity index (χ2v) is 8.87. The Morgan fingerprint density at radius 2 is 2.08 bits per heavy atom. The van der Waals surface area contributed by atoms with E-state index in [2.05, 4.69) is 36.2 Å². The van der Waals surface area contributed by atoms with E-state index in [0.29, 0.717) is 23.6 Å². The highest BCUT2D eigenvalue weighted by atomic mass is 16.3. The van der Waals surface area contributed by atoms with Crippen molar-refractivity contribution in [3.05, 3.63) is 17.5 Å². The Bertz CT molecular complexity index is 676. The van der Waals surface area contributed by atoms with Crippen molar-refractivity contribution in [2.75, 3.05) is 13.6 Å². The van der Waals surface area contributed by atoms with Gasteiger partial charge in [0.25, 0.3) is 5.91 Å². The molecule has 3 aliphatic rings. The fraction of sp³-hybridized carbons (Fsp3) is 0.789. The van der Waals surface area contributed by atoms with E-state index < -0.39 is 6.10 Å². The van der Waals surface area contributed by atoms with Crippen LogP contribution in [0, 0.1) is 11.3 Å². The quantitative estimate of drug-likeness (QED) is 0.867. The molecule has 1 aromatic heterocycles. The molecule has 4 atom stereocenters. The minimum atomic E-state index is -0.462. The molecule has 2 saturated carbocycles. The number of aromatic nitrogens is 2. The second-order valence-electron chi connectivity index (χ2n) is 8.87. The van der Waals surface area contributed by atoms with Gasteiger partial charge in [0, 0.05) is 30.6 Å². The Labute approximate surface area is 149 Å². The molecule has 4 rings (SSSR count). The number of nitrogens with zero attached hydrogens (tertiary/aromatic N) is 3. The van der Waals surface area contributed by atoms with Crippen LogP contribution in [0.4, 0.5) is 0 Å². The third kappa shape index (κ3) is 2.70. The Balaban J connectivity index is 1.48. The summed E-state index contributed by atoms with van der Waals surface area (Å²) < 4.78 is 1.67. The molecular weight excluding hydrogens is 316 g/mol. The molecule has 1 saturated heterocycles. The van der Waals surface area contributed by atoms with Crippen LogP contribution in [0.15, 0.2) is 6.20 Å². The number of amides is 1. The summed E-state index contributed by atoms with van der Waals surface area (Å²) in [6.07, 6.45) is 5.30. The van der Waals surface area contributed by atoms with Crippen LogP contribution in [-0.2, 0) is 7.05 Å². The number of hydrogen-bond acceptors (Lipinski definition) is 4. The number of likely N-dealkylation sites (tertiary alicyclic amines) is 1. The normalized spacial score (nSPS) is 35.4. The molecule has 6 heteroatoms. The van der Waals surface area contributed by atoms with Gasteiger partial charge in [-0.05, 0) is 44.6 Å². The first-order valence-corrected chi connectivity index (χ1v) is 9.53. The minimum absolute atomic E-state index is 0.0863. The highest BCUT2D eigenvalue weighted by Gasteiger charge is 2.58. The Morgan fingerprint density at radius 3 is 2.68 bits per heavy atom. The molecule has 1 amide bonds. The lowest BCUT2D eigenvalue weighted by atomic mass is 9.66. The summed E-state index contributed by atoms with van der Waals surface area (Å²) >= 11 is 0.